The van der Waals surface area contributed by atoms with E-state index in [9.17, 15) is 9.90 Å². The summed E-state index contributed by atoms with van der Waals surface area (Å²) in [7, 11) is 0. The number of carboxylic acid groups (broad SMARTS) is 1. The highest BCUT2D eigenvalue weighted by atomic mass is 16.4. The van der Waals surface area contributed by atoms with Crippen molar-refractivity contribution in [2.75, 3.05) is 0 Å². The molecular weight excluding hydrogens is 386 g/mol. The molecule has 5 nitrogen and oxygen atoms in total. The van der Waals surface area contributed by atoms with E-state index in [1.807, 2.05) is 75.4 Å². The van der Waals surface area contributed by atoms with Gasteiger partial charge in [-0.2, -0.15) is 0 Å². The maximum absolute atomic E-state index is 11.7. The Morgan fingerprint density at radius 2 is 1.61 bits per heavy atom. The molecule has 4 aromatic rings. The molecule has 5 heteroatoms. The van der Waals surface area contributed by atoms with Crippen LogP contribution in [0, 0.1) is 0 Å². The van der Waals surface area contributed by atoms with Gasteiger partial charge >= 0.3 is 6.09 Å². The maximum Gasteiger partial charge on any atom is 0.408 e. The second kappa shape index (κ2) is 8.19. The van der Waals surface area contributed by atoms with Crippen molar-refractivity contribution < 1.29 is 9.90 Å². The lowest BCUT2D eigenvalue weighted by Crippen LogP contribution is -2.44. The Kier molecular flexibility index (Phi) is 5.42. The first-order valence-electron chi connectivity index (χ1n) is 10.2. The van der Waals surface area contributed by atoms with Crippen LogP contribution in [0.4, 0.5) is 4.79 Å². The van der Waals surface area contributed by atoms with Crippen LogP contribution < -0.4 is 0 Å². The molecule has 0 saturated heterocycles. The van der Waals surface area contributed by atoms with Crippen molar-refractivity contribution >= 4 is 17.1 Å². The zero-order valence-corrected chi connectivity index (χ0v) is 17.9. The molecule has 1 N–H and O–H groups in total. The summed E-state index contributed by atoms with van der Waals surface area (Å²) < 4.78 is 0. The van der Waals surface area contributed by atoms with Gasteiger partial charge in [0.25, 0.3) is 0 Å². The summed E-state index contributed by atoms with van der Waals surface area (Å²) in [5.41, 5.74) is 6.10. The van der Waals surface area contributed by atoms with Crippen molar-refractivity contribution in [2.24, 2.45) is 0 Å². The molecule has 2 heterocycles. The molecular formula is C26H25N3O2. The highest BCUT2D eigenvalue weighted by Crippen LogP contribution is 2.33. The number of nitrogens with zero attached hydrogens (tertiary/aromatic N) is 3. The molecule has 0 spiro atoms. The summed E-state index contributed by atoms with van der Waals surface area (Å²) in [6.07, 6.45) is 0.850. The number of hydrogen-bond acceptors (Lipinski definition) is 3. The van der Waals surface area contributed by atoms with E-state index in [4.69, 9.17) is 4.98 Å². The van der Waals surface area contributed by atoms with Gasteiger partial charge in [0.1, 0.15) is 0 Å². The molecule has 1 amide bonds. The molecule has 31 heavy (non-hydrogen) atoms. The Morgan fingerprint density at radius 1 is 0.903 bits per heavy atom. The van der Waals surface area contributed by atoms with Gasteiger partial charge in [-0.3, -0.25) is 9.88 Å². The van der Waals surface area contributed by atoms with Crippen LogP contribution in [-0.4, -0.2) is 31.6 Å². The Morgan fingerprint density at radius 3 is 2.26 bits per heavy atom. The quantitative estimate of drug-likeness (QED) is 0.431. The average molecular weight is 412 g/mol. The van der Waals surface area contributed by atoms with Crippen molar-refractivity contribution in [3.05, 3.63) is 84.6 Å². The Labute approximate surface area is 182 Å². The Hall–Kier alpha value is -3.73. The molecule has 4 rings (SSSR count). The minimum Gasteiger partial charge on any atom is -0.465 e. The van der Waals surface area contributed by atoms with Crippen LogP contribution in [0.1, 0.15) is 26.3 Å². The average Bonchev–Trinajstić information content (AvgIpc) is 2.76. The number of pyridine rings is 2. The Bertz CT molecular complexity index is 1210. The number of benzene rings is 2. The van der Waals surface area contributed by atoms with Gasteiger partial charge in [-0.1, -0.05) is 54.6 Å². The summed E-state index contributed by atoms with van der Waals surface area (Å²) in [6, 6.07) is 24.0. The monoisotopic (exact) mass is 411 g/mol. The van der Waals surface area contributed by atoms with E-state index < -0.39 is 11.6 Å². The van der Waals surface area contributed by atoms with Crippen molar-refractivity contribution in [1.29, 1.82) is 0 Å². The van der Waals surface area contributed by atoms with Crippen LogP contribution in [-0.2, 0) is 6.54 Å². The molecule has 156 valence electrons. The van der Waals surface area contributed by atoms with Crippen molar-refractivity contribution in [3.63, 3.8) is 0 Å². The van der Waals surface area contributed by atoms with Gasteiger partial charge in [-0.25, -0.2) is 9.78 Å². The van der Waals surface area contributed by atoms with Crippen LogP contribution in [0.2, 0.25) is 0 Å². The first-order chi connectivity index (χ1) is 14.8. The normalized spacial score (nSPS) is 11.5. The topological polar surface area (TPSA) is 66.3 Å². The SMILES string of the molecule is CC(C)(C)N(Cc1ccc(-c2nc3cccnc3cc2-c2ccccc2)cc1)C(=O)O. The van der Waals surface area contributed by atoms with E-state index in [1.165, 1.54) is 4.90 Å². The van der Waals surface area contributed by atoms with Crippen molar-refractivity contribution in [2.45, 2.75) is 32.9 Å². The lowest BCUT2D eigenvalue weighted by atomic mass is 9.97. The third-order valence-electron chi connectivity index (χ3n) is 5.28. The first kappa shape index (κ1) is 20.5. The predicted octanol–water partition coefficient (Wildman–Crippen LogP) is 6.24. The van der Waals surface area contributed by atoms with Gasteiger partial charge < -0.3 is 5.11 Å². The van der Waals surface area contributed by atoms with E-state index in [2.05, 4.69) is 23.2 Å². The molecule has 2 aromatic carbocycles. The molecule has 0 aliphatic rings. The number of hydrogen-bond donors (Lipinski definition) is 1. The highest BCUT2D eigenvalue weighted by molar-refractivity contribution is 5.89. The minimum absolute atomic E-state index is 0.333. The van der Waals surface area contributed by atoms with E-state index in [-0.39, 0.29) is 0 Å². The van der Waals surface area contributed by atoms with E-state index in [1.54, 1.807) is 6.20 Å². The predicted molar refractivity (Wildman–Crippen MR) is 124 cm³/mol. The van der Waals surface area contributed by atoms with E-state index >= 15 is 0 Å². The number of rotatable bonds is 4. The highest BCUT2D eigenvalue weighted by Gasteiger charge is 2.26. The van der Waals surface area contributed by atoms with Crippen LogP contribution in [0.5, 0.6) is 0 Å². The van der Waals surface area contributed by atoms with Gasteiger partial charge in [0, 0.05) is 29.4 Å². The molecule has 2 aromatic heterocycles. The van der Waals surface area contributed by atoms with Crippen LogP contribution >= 0.6 is 0 Å². The maximum atomic E-state index is 11.7. The summed E-state index contributed by atoms with van der Waals surface area (Å²) in [4.78, 5) is 22.5. The molecule has 0 atom stereocenters. The largest absolute Gasteiger partial charge is 0.465 e. The zero-order valence-electron chi connectivity index (χ0n) is 17.9. The van der Waals surface area contributed by atoms with Crippen LogP contribution in [0.3, 0.4) is 0 Å². The van der Waals surface area contributed by atoms with Crippen LogP contribution in [0.15, 0.2) is 79.0 Å². The minimum atomic E-state index is -0.924. The number of amides is 1. The van der Waals surface area contributed by atoms with E-state index in [0.29, 0.717) is 6.54 Å². The lowest BCUT2D eigenvalue weighted by Gasteiger charge is -2.33. The van der Waals surface area contributed by atoms with Crippen molar-refractivity contribution in [1.82, 2.24) is 14.9 Å². The fourth-order valence-electron chi connectivity index (χ4n) is 3.60. The number of fused-ring (bicyclic) bond motifs is 1. The Balaban J connectivity index is 1.76. The number of carbonyl (C=O) groups is 1. The molecule has 0 saturated carbocycles. The van der Waals surface area contributed by atoms with Crippen molar-refractivity contribution in [3.8, 4) is 22.4 Å². The molecule has 0 aliphatic heterocycles. The summed E-state index contributed by atoms with van der Waals surface area (Å²) in [6.45, 7) is 6.03. The van der Waals surface area contributed by atoms with Gasteiger partial charge in [-0.15, -0.1) is 0 Å². The second-order valence-corrected chi connectivity index (χ2v) is 8.53. The van der Waals surface area contributed by atoms with Gasteiger partial charge in [0.2, 0.25) is 0 Å². The smallest absolute Gasteiger partial charge is 0.408 e. The van der Waals surface area contributed by atoms with Gasteiger partial charge in [0.15, 0.2) is 0 Å². The number of aromatic nitrogens is 2. The summed E-state index contributed by atoms with van der Waals surface area (Å²) in [5, 5.41) is 9.58. The fourth-order valence-corrected chi connectivity index (χ4v) is 3.60. The third kappa shape index (κ3) is 4.40. The zero-order chi connectivity index (χ0) is 22.0. The lowest BCUT2D eigenvalue weighted by molar-refractivity contribution is 0.0955. The molecule has 0 bridgehead atoms. The standard InChI is InChI=1S/C26H25N3O2/c1-26(2,3)29(25(30)31)17-18-11-13-20(14-12-18)24-21(19-8-5-4-6-9-19)16-23-22(28-24)10-7-15-27-23/h4-16H,17H2,1-3H3,(H,30,31). The fraction of sp³-hybridized carbons (Fsp3) is 0.192. The third-order valence-corrected chi connectivity index (χ3v) is 5.28. The summed E-state index contributed by atoms with van der Waals surface area (Å²) >= 11 is 0. The molecule has 0 unspecified atom stereocenters. The van der Waals surface area contributed by atoms with Crippen LogP contribution in [0.25, 0.3) is 33.4 Å². The second-order valence-electron chi connectivity index (χ2n) is 8.53. The van der Waals surface area contributed by atoms with Gasteiger partial charge in [-0.05, 0) is 50.1 Å². The summed E-state index contributed by atoms with van der Waals surface area (Å²) in [5.74, 6) is 0. The van der Waals surface area contributed by atoms with Gasteiger partial charge in [0.05, 0.1) is 16.7 Å². The first-order valence-corrected chi connectivity index (χ1v) is 10.2. The molecule has 0 aliphatic carbocycles. The molecule has 0 fully saturated rings. The molecule has 0 radical (unpaired) electrons. The van der Waals surface area contributed by atoms with E-state index in [0.717, 1.165) is 39.0 Å².